The number of halogens is 2. The number of likely N-dealkylation sites (N-methyl/N-ethyl adjacent to an activating group) is 1. The van der Waals surface area contributed by atoms with E-state index in [2.05, 4.69) is 20.3 Å². The van der Waals surface area contributed by atoms with Crippen molar-refractivity contribution in [1.29, 1.82) is 0 Å². The highest BCUT2D eigenvalue weighted by Gasteiger charge is 2.42. The standard InChI is InChI=1S/C30H36Cl2N9O6/c1-33-29-35-14-19-15-38(26-24(31)21(46-4)13-22(47-5)25(26)32)30(43)39(28(19)36-29)20-9-11-37(16-20)23(42)7-6-12-41(2,3)17-18-8-10-34-27(18)40(44)45/h6-7,10,13-14,20H,8-9,11-12,15-17H2,1-5H3,(H,33,35,36)/q+1/b7-6+/t20-/m0/s1. The van der Waals surface area contributed by atoms with E-state index >= 15 is 0 Å². The van der Waals surface area contributed by atoms with Crippen LogP contribution >= 0.6 is 23.2 Å². The second-order valence-corrected chi connectivity index (χ2v) is 12.7. The molecule has 2 aromatic rings. The Bertz CT molecular complexity index is 1670. The third kappa shape index (κ3) is 6.82. The zero-order valence-electron chi connectivity index (χ0n) is 26.7. The lowest BCUT2D eigenvalue weighted by molar-refractivity contribution is -0.880. The Morgan fingerprint density at radius 2 is 1.94 bits per heavy atom. The molecule has 0 radical (unpaired) electrons. The molecule has 1 N–H and O–H groups in total. The molecule has 1 saturated heterocycles. The summed E-state index contributed by atoms with van der Waals surface area (Å²) in [5, 5.41) is 14.5. The number of carbonyl (C=O) groups is 2. The third-order valence-electron chi connectivity index (χ3n) is 8.24. The van der Waals surface area contributed by atoms with Crippen molar-refractivity contribution in [2.75, 3.05) is 76.7 Å². The molecule has 5 rings (SSSR count). The van der Waals surface area contributed by atoms with Crippen molar-refractivity contribution < 1.29 is 28.5 Å². The molecule has 0 saturated carbocycles. The molecule has 15 nitrogen and oxygen atoms in total. The molecular formula is C30H36Cl2N9O6+. The number of likely N-dealkylation sites (tertiary alicyclic amines) is 1. The Labute approximate surface area is 281 Å². The highest BCUT2D eigenvalue weighted by Crippen LogP contribution is 2.48. The number of aromatic nitrogens is 2. The number of urea groups is 1. The molecule has 0 unspecified atom stereocenters. The summed E-state index contributed by atoms with van der Waals surface area (Å²) in [4.78, 5) is 56.0. The zero-order valence-corrected chi connectivity index (χ0v) is 28.2. The van der Waals surface area contributed by atoms with Gasteiger partial charge in [0.15, 0.2) is 0 Å². The predicted molar refractivity (Wildman–Crippen MR) is 178 cm³/mol. The van der Waals surface area contributed by atoms with Gasteiger partial charge in [0.2, 0.25) is 11.9 Å². The van der Waals surface area contributed by atoms with Crippen molar-refractivity contribution in [3.63, 3.8) is 0 Å². The first-order valence-corrected chi connectivity index (χ1v) is 15.5. The monoisotopic (exact) mass is 688 g/mol. The quantitative estimate of drug-likeness (QED) is 0.160. The van der Waals surface area contributed by atoms with Gasteiger partial charge in [0.05, 0.1) is 58.7 Å². The number of fused-ring (bicyclic) bond motifs is 1. The van der Waals surface area contributed by atoms with Crippen LogP contribution in [-0.2, 0) is 11.3 Å². The largest absolute Gasteiger partial charge is 0.495 e. The summed E-state index contributed by atoms with van der Waals surface area (Å²) in [6, 6.07) is 0.716. The smallest absolute Gasteiger partial charge is 0.368 e. The minimum Gasteiger partial charge on any atom is -0.495 e. The van der Waals surface area contributed by atoms with E-state index in [0.29, 0.717) is 59.9 Å². The van der Waals surface area contributed by atoms with Crippen LogP contribution in [0.3, 0.4) is 0 Å². The topological polar surface area (TPSA) is 156 Å². The molecule has 1 aromatic heterocycles. The molecule has 3 aliphatic heterocycles. The minimum atomic E-state index is -0.463. The number of ether oxygens (including phenoxy) is 2. The lowest BCUT2D eigenvalue weighted by Gasteiger charge is -2.39. The number of methoxy groups -OCH3 is 2. The number of nitro groups is 1. The maximum atomic E-state index is 14.3. The Balaban J connectivity index is 1.36. The van der Waals surface area contributed by atoms with Crippen LogP contribution in [0.25, 0.3) is 0 Å². The molecule has 1 atom stereocenters. The van der Waals surface area contributed by atoms with E-state index in [1.54, 1.807) is 41.4 Å². The zero-order chi connectivity index (χ0) is 34.0. The lowest BCUT2D eigenvalue weighted by Crippen LogP contribution is -2.53. The van der Waals surface area contributed by atoms with E-state index in [0.717, 1.165) is 0 Å². The minimum absolute atomic E-state index is 0.0861. The first kappa shape index (κ1) is 33.9. The maximum absolute atomic E-state index is 14.3. The summed E-state index contributed by atoms with van der Waals surface area (Å²) >= 11 is 13.4. The van der Waals surface area contributed by atoms with Gasteiger partial charge in [-0.3, -0.25) is 14.6 Å². The van der Waals surface area contributed by atoms with E-state index in [9.17, 15) is 19.7 Å². The summed E-state index contributed by atoms with van der Waals surface area (Å²) in [5.41, 5.74) is 1.54. The number of amides is 3. The second-order valence-electron chi connectivity index (χ2n) is 11.9. The molecule has 17 heteroatoms. The van der Waals surface area contributed by atoms with Gasteiger partial charge in [-0.15, -0.1) is 0 Å². The normalized spacial score (nSPS) is 18.0. The number of rotatable bonds is 11. The van der Waals surface area contributed by atoms with E-state index in [1.807, 2.05) is 14.1 Å². The van der Waals surface area contributed by atoms with Crippen molar-refractivity contribution in [2.45, 2.75) is 25.4 Å². The van der Waals surface area contributed by atoms with Gasteiger partial charge in [0, 0.05) is 50.5 Å². The average Bonchev–Trinajstić information content (AvgIpc) is 3.71. The molecule has 0 bridgehead atoms. The summed E-state index contributed by atoms with van der Waals surface area (Å²) in [6.45, 7) is 1.67. The van der Waals surface area contributed by atoms with Crippen LogP contribution < -0.4 is 24.6 Å². The number of quaternary nitrogens is 1. The van der Waals surface area contributed by atoms with Gasteiger partial charge in [-0.2, -0.15) is 4.98 Å². The fourth-order valence-corrected chi connectivity index (χ4v) is 6.63. The van der Waals surface area contributed by atoms with Crippen LogP contribution in [-0.4, -0.2) is 110 Å². The fraction of sp³-hybridized carbons (Fsp3) is 0.433. The molecule has 47 heavy (non-hydrogen) atoms. The molecule has 1 aromatic carbocycles. The highest BCUT2D eigenvalue weighted by molar-refractivity contribution is 6.42. The Morgan fingerprint density at radius 1 is 1.23 bits per heavy atom. The summed E-state index contributed by atoms with van der Waals surface area (Å²) in [7, 11) is 8.47. The van der Waals surface area contributed by atoms with Crippen LogP contribution in [0.4, 0.5) is 22.2 Å². The number of hydrogen-bond acceptors (Lipinski definition) is 10. The molecule has 0 spiro atoms. The van der Waals surface area contributed by atoms with Crippen LogP contribution in [0.2, 0.25) is 10.0 Å². The molecule has 1 fully saturated rings. The number of hydrogen-bond donors (Lipinski definition) is 1. The Morgan fingerprint density at radius 3 is 2.57 bits per heavy atom. The Kier molecular flexibility index (Phi) is 9.89. The molecular weight excluding hydrogens is 653 g/mol. The number of carbonyl (C=O) groups excluding carboxylic acids is 2. The molecule has 0 aliphatic carbocycles. The van der Waals surface area contributed by atoms with Gasteiger partial charge >= 0.3 is 11.9 Å². The molecule has 3 aliphatic rings. The number of anilines is 3. The molecule has 250 valence electrons. The van der Waals surface area contributed by atoms with Crippen molar-refractivity contribution >= 4 is 58.8 Å². The summed E-state index contributed by atoms with van der Waals surface area (Å²) in [5.74, 6) is 1.04. The van der Waals surface area contributed by atoms with E-state index in [1.165, 1.54) is 25.2 Å². The van der Waals surface area contributed by atoms with Gasteiger partial charge in [-0.1, -0.05) is 28.2 Å². The van der Waals surface area contributed by atoms with Gasteiger partial charge in [0.1, 0.15) is 40.1 Å². The van der Waals surface area contributed by atoms with Crippen LogP contribution in [0.5, 0.6) is 11.5 Å². The highest BCUT2D eigenvalue weighted by atomic mass is 35.5. The number of nitrogens with one attached hydrogen (secondary N) is 1. The Hall–Kier alpha value is -4.47. The average molecular weight is 690 g/mol. The van der Waals surface area contributed by atoms with E-state index in [-0.39, 0.29) is 52.0 Å². The van der Waals surface area contributed by atoms with Crippen molar-refractivity contribution in [3.8, 4) is 11.5 Å². The van der Waals surface area contributed by atoms with Gasteiger partial charge in [-0.05, 0) is 17.4 Å². The molecule has 3 amide bonds. The van der Waals surface area contributed by atoms with Gasteiger partial charge in [0.25, 0.3) is 0 Å². The number of aliphatic imine (C=N–C) groups is 1. The fourth-order valence-electron chi connectivity index (χ4n) is 5.93. The van der Waals surface area contributed by atoms with Crippen molar-refractivity contribution in [1.82, 2.24) is 14.9 Å². The van der Waals surface area contributed by atoms with Crippen LogP contribution in [0.1, 0.15) is 18.4 Å². The van der Waals surface area contributed by atoms with Crippen molar-refractivity contribution in [3.05, 3.63) is 61.5 Å². The first-order chi connectivity index (χ1) is 22.4. The number of nitrogens with zero attached hydrogens (tertiary/aromatic N) is 8. The van der Waals surface area contributed by atoms with Crippen LogP contribution in [0, 0.1) is 10.1 Å². The second kappa shape index (κ2) is 13.7. The maximum Gasteiger partial charge on any atom is 0.368 e. The summed E-state index contributed by atoms with van der Waals surface area (Å²) in [6.07, 6.45) is 7.41. The lowest BCUT2D eigenvalue weighted by atomic mass is 10.1. The van der Waals surface area contributed by atoms with E-state index < -0.39 is 17.0 Å². The summed E-state index contributed by atoms with van der Waals surface area (Å²) < 4.78 is 11.3. The predicted octanol–water partition coefficient (Wildman–Crippen LogP) is 3.99. The SMILES string of the molecule is CNc1ncc2c(n1)N([C@H]1CCN(C(=O)/C=C/C[N+](C)(C)CC3=C([N+](=O)[O-])N=CC3)C1)C(=O)N(c1c(Cl)c(OC)cc(OC)c1Cl)C2. The number of benzene rings is 1. The van der Waals surface area contributed by atoms with Crippen molar-refractivity contribution in [2.24, 2.45) is 4.99 Å². The van der Waals surface area contributed by atoms with E-state index in [4.69, 9.17) is 32.7 Å². The third-order valence-corrected chi connectivity index (χ3v) is 8.97. The van der Waals surface area contributed by atoms with Gasteiger partial charge < -0.3 is 34.3 Å². The van der Waals surface area contributed by atoms with Gasteiger partial charge in [-0.25, -0.2) is 9.78 Å². The first-order valence-electron chi connectivity index (χ1n) is 14.8. The molecule has 4 heterocycles. The van der Waals surface area contributed by atoms with Crippen LogP contribution in [0.15, 0.2) is 40.8 Å².